The molecule has 0 radical (unpaired) electrons. The van der Waals surface area contributed by atoms with E-state index < -0.39 is 7.69 Å². The summed E-state index contributed by atoms with van der Waals surface area (Å²) in [6.07, 6.45) is 0. The van der Waals surface area contributed by atoms with Crippen molar-refractivity contribution in [3.63, 3.8) is 0 Å². The molecule has 0 bridgehead atoms. The van der Waals surface area contributed by atoms with Crippen molar-refractivity contribution in [2.45, 2.75) is 6.61 Å². The standard InChI is InChI=1S/C15H16O3.BH3O2/c1-16-14-8-12(9-15(10-14)17-2)11-18-13-6-4-3-5-7-13;2-1-3/h3-10H,11H2,1-2H3;1-3H. The molecule has 2 aromatic carbocycles. The lowest BCUT2D eigenvalue weighted by Gasteiger charge is -2.09. The van der Waals surface area contributed by atoms with E-state index in [1.54, 1.807) is 14.2 Å². The molecule has 0 saturated heterocycles. The fraction of sp³-hybridized carbons (Fsp3) is 0.200. The summed E-state index contributed by atoms with van der Waals surface area (Å²) in [6.45, 7) is 0.484. The van der Waals surface area contributed by atoms with Gasteiger partial charge in [-0.25, -0.2) is 0 Å². The van der Waals surface area contributed by atoms with E-state index in [1.165, 1.54) is 0 Å². The van der Waals surface area contributed by atoms with Gasteiger partial charge in [-0.3, -0.25) is 0 Å². The van der Waals surface area contributed by atoms with Gasteiger partial charge in [0, 0.05) is 6.07 Å². The largest absolute Gasteiger partial charge is 0.497 e. The molecule has 2 rings (SSSR count). The summed E-state index contributed by atoms with van der Waals surface area (Å²) in [6, 6.07) is 15.4. The summed E-state index contributed by atoms with van der Waals surface area (Å²) in [5, 5.41) is 14.2. The predicted molar refractivity (Wildman–Crippen MR) is 81.9 cm³/mol. The normalized spacial score (nSPS) is 9.14. The van der Waals surface area contributed by atoms with Crippen molar-refractivity contribution >= 4 is 7.69 Å². The van der Waals surface area contributed by atoms with Crippen LogP contribution in [0.3, 0.4) is 0 Å². The SMILES string of the molecule is COc1cc(COc2ccccc2)cc(OC)c1.OBO. The molecule has 0 atom stereocenters. The van der Waals surface area contributed by atoms with Crippen molar-refractivity contribution in [2.24, 2.45) is 0 Å². The van der Waals surface area contributed by atoms with Crippen LogP contribution in [0.2, 0.25) is 0 Å². The molecule has 0 spiro atoms. The first-order valence-corrected chi connectivity index (χ1v) is 6.35. The second-order valence-corrected chi connectivity index (χ2v) is 3.96. The maximum absolute atomic E-state index is 7.12. The monoisotopic (exact) mass is 290 g/mol. The van der Waals surface area contributed by atoms with Crippen LogP contribution in [0.25, 0.3) is 0 Å². The zero-order chi connectivity index (χ0) is 15.5. The van der Waals surface area contributed by atoms with E-state index in [0.29, 0.717) is 6.61 Å². The number of rotatable bonds is 5. The van der Waals surface area contributed by atoms with Crippen LogP contribution in [0.15, 0.2) is 48.5 Å². The van der Waals surface area contributed by atoms with Gasteiger partial charge in [0.1, 0.15) is 23.9 Å². The Balaban J connectivity index is 0.000000677. The van der Waals surface area contributed by atoms with Gasteiger partial charge in [0.25, 0.3) is 0 Å². The second kappa shape index (κ2) is 9.69. The number of para-hydroxylation sites is 1. The second-order valence-electron chi connectivity index (χ2n) is 3.96. The van der Waals surface area contributed by atoms with Crippen LogP contribution in [-0.4, -0.2) is 32.0 Å². The van der Waals surface area contributed by atoms with Crippen molar-refractivity contribution < 1.29 is 24.3 Å². The van der Waals surface area contributed by atoms with Crippen molar-refractivity contribution in [1.82, 2.24) is 0 Å². The molecule has 0 aliphatic heterocycles. The zero-order valence-electron chi connectivity index (χ0n) is 12.2. The number of benzene rings is 2. The molecule has 0 aliphatic carbocycles. The Morgan fingerprint density at radius 3 is 1.86 bits per heavy atom. The third-order valence-corrected chi connectivity index (χ3v) is 2.56. The Bertz CT molecular complexity index is 496. The Kier molecular flexibility index (Phi) is 7.78. The van der Waals surface area contributed by atoms with Crippen molar-refractivity contribution in [3.8, 4) is 17.2 Å². The van der Waals surface area contributed by atoms with Crippen LogP contribution in [0, 0.1) is 0 Å². The van der Waals surface area contributed by atoms with Crippen LogP contribution in [0.5, 0.6) is 17.2 Å². The van der Waals surface area contributed by atoms with Gasteiger partial charge in [-0.1, -0.05) is 18.2 Å². The van der Waals surface area contributed by atoms with Crippen LogP contribution >= 0.6 is 0 Å². The molecule has 21 heavy (non-hydrogen) atoms. The topological polar surface area (TPSA) is 68.2 Å². The molecule has 0 fully saturated rings. The molecule has 0 aliphatic rings. The van der Waals surface area contributed by atoms with Gasteiger partial charge in [0.2, 0.25) is 0 Å². The molecule has 0 aromatic heterocycles. The van der Waals surface area contributed by atoms with Gasteiger partial charge in [-0.15, -0.1) is 0 Å². The van der Waals surface area contributed by atoms with E-state index in [9.17, 15) is 0 Å². The van der Waals surface area contributed by atoms with E-state index in [1.807, 2.05) is 48.5 Å². The minimum atomic E-state index is -0.750. The lowest BCUT2D eigenvalue weighted by Crippen LogP contribution is -1.97. The third-order valence-electron chi connectivity index (χ3n) is 2.56. The van der Waals surface area contributed by atoms with Crippen molar-refractivity contribution in [1.29, 1.82) is 0 Å². The molecule has 0 heterocycles. The Labute approximate surface area is 125 Å². The number of ether oxygens (including phenoxy) is 3. The first-order chi connectivity index (χ1) is 10.2. The van der Waals surface area contributed by atoms with Gasteiger partial charge >= 0.3 is 7.69 Å². The van der Waals surface area contributed by atoms with Crippen LogP contribution in [0.1, 0.15) is 5.56 Å². The number of hydrogen-bond acceptors (Lipinski definition) is 5. The molecule has 6 heteroatoms. The zero-order valence-corrected chi connectivity index (χ0v) is 12.2. The minimum Gasteiger partial charge on any atom is -0.497 e. The van der Waals surface area contributed by atoms with E-state index >= 15 is 0 Å². The molecule has 112 valence electrons. The van der Waals surface area contributed by atoms with E-state index in [2.05, 4.69) is 0 Å². The van der Waals surface area contributed by atoms with E-state index in [-0.39, 0.29) is 0 Å². The Morgan fingerprint density at radius 2 is 1.38 bits per heavy atom. The fourth-order valence-electron chi connectivity index (χ4n) is 1.63. The van der Waals surface area contributed by atoms with Gasteiger partial charge in [0.15, 0.2) is 0 Å². The predicted octanol–water partition coefficient (Wildman–Crippen LogP) is 1.52. The van der Waals surface area contributed by atoms with E-state index in [4.69, 9.17) is 24.3 Å². The summed E-state index contributed by atoms with van der Waals surface area (Å²) >= 11 is 0. The van der Waals surface area contributed by atoms with E-state index in [0.717, 1.165) is 22.8 Å². The minimum absolute atomic E-state index is 0.484. The first-order valence-electron chi connectivity index (χ1n) is 6.35. The fourth-order valence-corrected chi connectivity index (χ4v) is 1.63. The summed E-state index contributed by atoms with van der Waals surface area (Å²) < 4.78 is 16.1. The summed E-state index contributed by atoms with van der Waals surface area (Å²) in [5.41, 5.74) is 1.01. The molecular formula is C15H19BO5. The van der Waals surface area contributed by atoms with Crippen LogP contribution < -0.4 is 14.2 Å². The summed E-state index contributed by atoms with van der Waals surface area (Å²) in [4.78, 5) is 0. The first kappa shape index (κ1) is 16.9. The highest BCUT2D eigenvalue weighted by atomic mass is 16.5. The Morgan fingerprint density at radius 1 is 0.857 bits per heavy atom. The van der Waals surface area contributed by atoms with Crippen molar-refractivity contribution in [2.75, 3.05) is 14.2 Å². The molecule has 5 nitrogen and oxygen atoms in total. The summed E-state index contributed by atoms with van der Waals surface area (Å²) in [7, 11) is 2.52. The maximum Gasteiger partial charge on any atom is 0.432 e. The van der Waals surface area contributed by atoms with Crippen LogP contribution in [-0.2, 0) is 6.61 Å². The van der Waals surface area contributed by atoms with Crippen molar-refractivity contribution in [3.05, 3.63) is 54.1 Å². The van der Waals surface area contributed by atoms with Gasteiger partial charge in [-0.05, 0) is 29.8 Å². The lowest BCUT2D eigenvalue weighted by atomic mass is 10.2. The average molecular weight is 290 g/mol. The highest BCUT2D eigenvalue weighted by Gasteiger charge is 2.02. The third kappa shape index (κ3) is 6.20. The molecule has 0 saturated carbocycles. The van der Waals surface area contributed by atoms with Gasteiger partial charge < -0.3 is 24.3 Å². The smallest absolute Gasteiger partial charge is 0.432 e. The van der Waals surface area contributed by atoms with Gasteiger partial charge in [0.05, 0.1) is 14.2 Å². The number of methoxy groups -OCH3 is 2. The molecule has 0 unspecified atom stereocenters. The molecular weight excluding hydrogens is 271 g/mol. The highest BCUT2D eigenvalue weighted by molar-refractivity contribution is 6.13. The van der Waals surface area contributed by atoms with Gasteiger partial charge in [-0.2, -0.15) is 0 Å². The Hall–Kier alpha value is -2.18. The number of hydrogen-bond donors (Lipinski definition) is 2. The maximum atomic E-state index is 7.12. The lowest BCUT2D eigenvalue weighted by molar-refractivity contribution is 0.304. The molecule has 2 aromatic rings. The molecule has 2 N–H and O–H groups in total. The average Bonchev–Trinajstić information content (AvgIpc) is 2.54. The highest BCUT2D eigenvalue weighted by Crippen LogP contribution is 2.23. The summed E-state index contributed by atoms with van der Waals surface area (Å²) in [5.74, 6) is 2.38. The van der Waals surface area contributed by atoms with Crippen LogP contribution in [0.4, 0.5) is 0 Å². The quantitative estimate of drug-likeness (QED) is 0.817. The molecule has 0 amide bonds.